The van der Waals surface area contributed by atoms with E-state index in [9.17, 15) is 4.79 Å². The third-order valence-corrected chi connectivity index (χ3v) is 4.14. The lowest BCUT2D eigenvalue weighted by atomic mass is 10.0. The summed E-state index contributed by atoms with van der Waals surface area (Å²) in [6.45, 7) is 9.00. The van der Waals surface area contributed by atoms with Crippen molar-refractivity contribution in [3.05, 3.63) is 17.7 Å². The first-order valence-corrected chi connectivity index (χ1v) is 7.53. The van der Waals surface area contributed by atoms with E-state index < -0.39 is 6.04 Å². The highest BCUT2D eigenvalue weighted by Crippen LogP contribution is 2.34. The Balaban J connectivity index is 2.20. The quantitative estimate of drug-likeness (QED) is 0.882. The van der Waals surface area contributed by atoms with Crippen molar-refractivity contribution >= 4 is 5.91 Å². The number of carbonyl (C=O) groups is 1. The van der Waals surface area contributed by atoms with Crippen molar-refractivity contribution in [1.29, 1.82) is 0 Å². The number of nitrogens with two attached hydrogens (primary N) is 1. The molecule has 1 aliphatic rings. The first kappa shape index (κ1) is 15.0. The predicted octanol–water partition coefficient (Wildman–Crippen LogP) is 1.86. The number of likely N-dealkylation sites (tertiary alicyclic amines) is 1. The largest absolute Gasteiger partial charge is 0.344 e. The highest BCUT2D eigenvalue weighted by atomic mass is 16.2. The molecule has 3 atom stereocenters. The molecule has 5 heteroatoms. The van der Waals surface area contributed by atoms with Crippen molar-refractivity contribution < 1.29 is 4.79 Å². The normalized spacial score (nSPS) is 24.4. The number of carbonyl (C=O) groups excluding carboxylic acids is 1. The molecule has 2 rings (SSSR count). The van der Waals surface area contributed by atoms with Crippen molar-refractivity contribution in [2.45, 2.75) is 52.6 Å². The second kappa shape index (κ2) is 5.95. The number of aromatic amines is 1. The molecular formula is C15H26N4O. The maximum atomic E-state index is 12.6. The van der Waals surface area contributed by atoms with Crippen molar-refractivity contribution in [3.8, 4) is 0 Å². The van der Waals surface area contributed by atoms with Gasteiger partial charge in [-0.1, -0.05) is 27.7 Å². The number of nitrogens with one attached hydrogen (secondary N) is 1. The van der Waals surface area contributed by atoms with Crippen LogP contribution in [0.1, 0.15) is 51.7 Å². The van der Waals surface area contributed by atoms with Crippen molar-refractivity contribution in [1.82, 2.24) is 14.9 Å². The van der Waals surface area contributed by atoms with E-state index in [1.165, 1.54) is 0 Å². The summed E-state index contributed by atoms with van der Waals surface area (Å²) in [5.74, 6) is 1.58. The van der Waals surface area contributed by atoms with Gasteiger partial charge in [-0.2, -0.15) is 0 Å². The molecule has 20 heavy (non-hydrogen) atoms. The Hall–Kier alpha value is -1.36. The maximum absolute atomic E-state index is 12.6. The van der Waals surface area contributed by atoms with Crippen LogP contribution in [0.5, 0.6) is 0 Å². The van der Waals surface area contributed by atoms with Gasteiger partial charge in [-0.15, -0.1) is 0 Å². The molecule has 3 N–H and O–H groups in total. The fourth-order valence-electron chi connectivity index (χ4n) is 2.75. The molecule has 3 unspecified atom stereocenters. The molecule has 112 valence electrons. The zero-order valence-electron chi connectivity index (χ0n) is 12.9. The van der Waals surface area contributed by atoms with Gasteiger partial charge in [0.15, 0.2) is 0 Å². The Labute approximate surface area is 120 Å². The number of hydrogen-bond donors (Lipinski definition) is 2. The summed E-state index contributed by atoms with van der Waals surface area (Å²) in [6.07, 6.45) is 3.74. The lowest BCUT2D eigenvalue weighted by molar-refractivity contribution is -0.134. The minimum Gasteiger partial charge on any atom is -0.344 e. The van der Waals surface area contributed by atoms with Gasteiger partial charge in [0.25, 0.3) is 0 Å². The van der Waals surface area contributed by atoms with Gasteiger partial charge in [-0.05, 0) is 24.7 Å². The molecule has 0 bridgehead atoms. The zero-order valence-corrected chi connectivity index (χ0v) is 12.9. The summed E-state index contributed by atoms with van der Waals surface area (Å²) in [5.41, 5.74) is 7.15. The minimum absolute atomic E-state index is 0.0441. The van der Waals surface area contributed by atoms with Crippen LogP contribution in [0.2, 0.25) is 0 Å². The summed E-state index contributed by atoms with van der Waals surface area (Å²) in [7, 11) is 0. The lowest BCUT2D eigenvalue weighted by Gasteiger charge is -2.27. The molecule has 1 aromatic heterocycles. The monoisotopic (exact) mass is 278 g/mol. The number of hydrogen-bond acceptors (Lipinski definition) is 3. The van der Waals surface area contributed by atoms with E-state index in [1.54, 1.807) is 0 Å². The Kier molecular flexibility index (Phi) is 4.48. The molecule has 1 amide bonds. The van der Waals surface area contributed by atoms with E-state index in [0.29, 0.717) is 5.92 Å². The maximum Gasteiger partial charge on any atom is 0.240 e. The van der Waals surface area contributed by atoms with E-state index in [0.717, 1.165) is 30.9 Å². The molecule has 1 saturated heterocycles. The predicted molar refractivity (Wildman–Crippen MR) is 79.0 cm³/mol. The molecule has 0 saturated carbocycles. The van der Waals surface area contributed by atoms with Crippen LogP contribution in [0.15, 0.2) is 6.20 Å². The summed E-state index contributed by atoms with van der Waals surface area (Å²) in [5, 5.41) is 0. The molecule has 5 nitrogen and oxygen atoms in total. The SMILES string of the molecule is CCc1cnc(C2CC(C)CN2C(=O)C(N)C(C)C)[nH]1. The number of aromatic nitrogens is 2. The average Bonchev–Trinajstić information content (AvgIpc) is 3.02. The van der Waals surface area contributed by atoms with Crippen LogP contribution in [-0.2, 0) is 11.2 Å². The number of amides is 1. The standard InChI is InChI=1S/C15H26N4O/c1-5-11-7-17-14(18-11)12-6-10(4)8-19(12)15(20)13(16)9(2)3/h7,9-10,12-13H,5-6,8,16H2,1-4H3,(H,17,18). The number of aryl methyl sites for hydroxylation is 1. The van der Waals surface area contributed by atoms with Crippen molar-refractivity contribution in [3.63, 3.8) is 0 Å². The van der Waals surface area contributed by atoms with Gasteiger partial charge in [0.1, 0.15) is 5.82 Å². The summed E-state index contributed by atoms with van der Waals surface area (Å²) >= 11 is 0. The van der Waals surface area contributed by atoms with Gasteiger partial charge < -0.3 is 15.6 Å². The van der Waals surface area contributed by atoms with E-state index >= 15 is 0 Å². The average molecular weight is 278 g/mol. The number of rotatable bonds is 4. The summed E-state index contributed by atoms with van der Waals surface area (Å²) in [6, 6.07) is -0.383. The Morgan fingerprint density at radius 3 is 2.85 bits per heavy atom. The molecular weight excluding hydrogens is 252 g/mol. The third-order valence-electron chi connectivity index (χ3n) is 4.14. The first-order valence-electron chi connectivity index (χ1n) is 7.53. The van der Waals surface area contributed by atoms with Gasteiger partial charge in [-0.3, -0.25) is 4.79 Å². The van der Waals surface area contributed by atoms with E-state index in [2.05, 4.69) is 23.8 Å². The van der Waals surface area contributed by atoms with E-state index in [1.807, 2.05) is 24.9 Å². The van der Waals surface area contributed by atoms with E-state index in [4.69, 9.17) is 5.73 Å². The Bertz CT molecular complexity index is 468. The van der Waals surface area contributed by atoms with Crippen LogP contribution >= 0.6 is 0 Å². The molecule has 2 heterocycles. The molecule has 1 aliphatic heterocycles. The summed E-state index contributed by atoms with van der Waals surface area (Å²) < 4.78 is 0. The molecule has 0 aliphatic carbocycles. The van der Waals surface area contributed by atoms with Gasteiger partial charge in [-0.25, -0.2) is 4.98 Å². The van der Waals surface area contributed by atoms with Crippen LogP contribution in [0.3, 0.4) is 0 Å². The smallest absolute Gasteiger partial charge is 0.240 e. The molecule has 0 spiro atoms. The highest BCUT2D eigenvalue weighted by molar-refractivity contribution is 5.82. The van der Waals surface area contributed by atoms with Crippen LogP contribution in [0, 0.1) is 11.8 Å². The third kappa shape index (κ3) is 2.87. The highest BCUT2D eigenvalue weighted by Gasteiger charge is 2.38. The van der Waals surface area contributed by atoms with E-state index in [-0.39, 0.29) is 17.9 Å². The molecule has 0 aromatic carbocycles. The van der Waals surface area contributed by atoms with Crippen molar-refractivity contribution in [2.75, 3.05) is 6.54 Å². The zero-order chi connectivity index (χ0) is 14.9. The lowest BCUT2D eigenvalue weighted by Crippen LogP contribution is -2.46. The van der Waals surface area contributed by atoms with Crippen LogP contribution in [0.4, 0.5) is 0 Å². The first-order chi connectivity index (χ1) is 9.43. The number of nitrogens with zero attached hydrogens (tertiary/aromatic N) is 2. The Morgan fingerprint density at radius 1 is 1.60 bits per heavy atom. The van der Waals surface area contributed by atoms with Gasteiger partial charge in [0.2, 0.25) is 5.91 Å². The van der Waals surface area contributed by atoms with Gasteiger partial charge >= 0.3 is 0 Å². The molecule has 1 fully saturated rings. The number of imidazole rings is 1. The van der Waals surface area contributed by atoms with Gasteiger partial charge in [0.05, 0.1) is 12.1 Å². The molecule has 0 radical (unpaired) electrons. The molecule has 1 aromatic rings. The van der Waals surface area contributed by atoms with Crippen LogP contribution < -0.4 is 5.73 Å². The van der Waals surface area contributed by atoms with Crippen molar-refractivity contribution in [2.24, 2.45) is 17.6 Å². The van der Waals surface area contributed by atoms with Crippen LogP contribution in [0.25, 0.3) is 0 Å². The second-order valence-electron chi connectivity index (χ2n) is 6.26. The fraction of sp³-hybridized carbons (Fsp3) is 0.733. The van der Waals surface area contributed by atoms with Gasteiger partial charge in [0, 0.05) is 18.4 Å². The van der Waals surface area contributed by atoms with Crippen LogP contribution in [-0.4, -0.2) is 33.4 Å². The summed E-state index contributed by atoms with van der Waals surface area (Å²) in [4.78, 5) is 22.2. The fourth-order valence-corrected chi connectivity index (χ4v) is 2.75. The second-order valence-corrected chi connectivity index (χ2v) is 6.26. The number of H-pyrrole nitrogens is 1. The Morgan fingerprint density at radius 2 is 2.30 bits per heavy atom. The topological polar surface area (TPSA) is 75.0 Å². The minimum atomic E-state index is -0.427.